The van der Waals surface area contributed by atoms with Crippen molar-refractivity contribution in [2.75, 3.05) is 6.54 Å². The lowest BCUT2D eigenvalue weighted by Crippen LogP contribution is -2.38. The Morgan fingerprint density at radius 2 is 2.11 bits per heavy atom. The van der Waals surface area contributed by atoms with Gasteiger partial charge in [0.05, 0.1) is 0 Å². The summed E-state index contributed by atoms with van der Waals surface area (Å²) in [6.07, 6.45) is 2.91. The number of fused-ring (bicyclic) bond motifs is 2. The van der Waals surface area contributed by atoms with E-state index in [-0.39, 0.29) is 10.9 Å². The molecule has 2 atom stereocenters. The number of nitrogens with zero attached hydrogens (tertiary/aromatic N) is 1. The number of piperidine rings is 1. The summed E-state index contributed by atoms with van der Waals surface area (Å²) >= 11 is 3.14. The predicted molar refractivity (Wildman–Crippen MR) is 69.1 cm³/mol. The van der Waals surface area contributed by atoms with Crippen LogP contribution in [0.3, 0.4) is 0 Å². The summed E-state index contributed by atoms with van der Waals surface area (Å²) in [5.41, 5.74) is 0. The molecule has 0 spiro atoms. The molecule has 3 nitrogen and oxygen atoms in total. The van der Waals surface area contributed by atoms with E-state index in [0.717, 1.165) is 19.3 Å². The SMILES string of the molecule is O=S(=O)(c1c(F)cccc1Br)N1C[C@H]2CC[C@H]1C2. The topological polar surface area (TPSA) is 37.4 Å². The number of halogens is 2. The van der Waals surface area contributed by atoms with Crippen LogP contribution >= 0.6 is 15.9 Å². The molecule has 1 aromatic rings. The molecule has 6 heteroatoms. The minimum absolute atomic E-state index is 0.0616. The van der Waals surface area contributed by atoms with Crippen LogP contribution in [-0.4, -0.2) is 25.3 Å². The Balaban J connectivity index is 2.05. The second-order valence-electron chi connectivity index (χ2n) is 4.96. The first-order chi connectivity index (χ1) is 8.50. The number of hydrogen-bond donors (Lipinski definition) is 0. The second-order valence-corrected chi connectivity index (χ2v) is 7.64. The van der Waals surface area contributed by atoms with E-state index >= 15 is 0 Å². The van der Waals surface area contributed by atoms with Crippen molar-refractivity contribution >= 4 is 26.0 Å². The minimum Gasteiger partial charge on any atom is -0.207 e. The number of sulfonamides is 1. The van der Waals surface area contributed by atoms with Gasteiger partial charge in [0, 0.05) is 17.1 Å². The van der Waals surface area contributed by atoms with Crippen LogP contribution in [0, 0.1) is 11.7 Å². The monoisotopic (exact) mass is 333 g/mol. The summed E-state index contributed by atoms with van der Waals surface area (Å²) < 4.78 is 40.6. The molecule has 1 aliphatic carbocycles. The highest BCUT2D eigenvalue weighted by Crippen LogP contribution is 2.41. The molecule has 1 aliphatic heterocycles. The summed E-state index contributed by atoms with van der Waals surface area (Å²) in [6, 6.07) is 4.30. The van der Waals surface area contributed by atoms with Crippen LogP contribution in [0.2, 0.25) is 0 Å². The molecule has 98 valence electrons. The highest BCUT2D eigenvalue weighted by Gasteiger charge is 2.45. The molecule has 18 heavy (non-hydrogen) atoms. The number of benzene rings is 1. The fourth-order valence-electron chi connectivity index (χ4n) is 3.02. The smallest absolute Gasteiger partial charge is 0.207 e. The molecule has 2 bridgehead atoms. The van der Waals surface area contributed by atoms with E-state index in [4.69, 9.17) is 0 Å². The fourth-order valence-corrected chi connectivity index (χ4v) is 5.83. The second kappa shape index (κ2) is 4.28. The third kappa shape index (κ3) is 1.82. The van der Waals surface area contributed by atoms with Gasteiger partial charge in [-0.15, -0.1) is 0 Å². The highest BCUT2D eigenvalue weighted by atomic mass is 79.9. The molecule has 0 aromatic heterocycles. The molecular weight excluding hydrogens is 321 g/mol. The summed E-state index contributed by atoms with van der Waals surface area (Å²) in [7, 11) is -3.72. The molecule has 1 heterocycles. The molecule has 1 saturated carbocycles. The molecule has 0 radical (unpaired) electrons. The van der Waals surface area contributed by atoms with Crippen molar-refractivity contribution in [3.05, 3.63) is 28.5 Å². The van der Waals surface area contributed by atoms with Crippen molar-refractivity contribution in [1.29, 1.82) is 0 Å². The molecular formula is C12H13BrFNO2S. The van der Waals surface area contributed by atoms with Crippen LogP contribution in [0.15, 0.2) is 27.6 Å². The van der Waals surface area contributed by atoms with Gasteiger partial charge in [-0.25, -0.2) is 12.8 Å². The van der Waals surface area contributed by atoms with Gasteiger partial charge in [-0.1, -0.05) is 6.07 Å². The Kier molecular flexibility index (Phi) is 2.99. The zero-order chi connectivity index (χ0) is 12.9. The molecule has 0 amide bonds. The van der Waals surface area contributed by atoms with E-state index in [2.05, 4.69) is 15.9 Å². The Morgan fingerprint density at radius 3 is 2.67 bits per heavy atom. The quantitative estimate of drug-likeness (QED) is 0.834. The average Bonchev–Trinajstić information content (AvgIpc) is 2.90. The van der Waals surface area contributed by atoms with E-state index < -0.39 is 15.8 Å². The van der Waals surface area contributed by atoms with Gasteiger partial charge in [0.1, 0.15) is 10.7 Å². The van der Waals surface area contributed by atoms with E-state index in [1.165, 1.54) is 16.4 Å². The van der Waals surface area contributed by atoms with Gasteiger partial charge in [-0.05, 0) is 53.2 Å². The zero-order valence-electron chi connectivity index (χ0n) is 9.64. The first-order valence-electron chi connectivity index (χ1n) is 5.96. The van der Waals surface area contributed by atoms with Gasteiger partial charge in [0.15, 0.2) is 0 Å². The van der Waals surface area contributed by atoms with E-state index in [1.807, 2.05) is 0 Å². The van der Waals surface area contributed by atoms with Crippen molar-refractivity contribution in [1.82, 2.24) is 4.31 Å². The molecule has 1 saturated heterocycles. The first kappa shape index (κ1) is 12.6. The van der Waals surface area contributed by atoms with Crippen LogP contribution in [0.4, 0.5) is 4.39 Å². The van der Waals surface area contributed by atoms with Gasteiger partial charge in [0.25, 0.3) is 0 Å². The third-order valence-electron chi connectivity index (χ3n) is 3.84. The largest absolute Gasteiger partial charge is 0.247 e. The van der Waals surface area contributed by atoms with Crippen LogP contribution in [0.5, 0.6) is 0 Å². The summed E-state index contributed by atoms with van der Waals surface area (Å²) in [4.78, 5) is -0.224. The first-order valence-corrected chi connectivity index (χ1v) is 8.19. The molecule has 0 N–H and O–H groups in total. The minimum atomic E-state index is -3.72. The van der Waals surface area contributed by atoms with E-state index in [9.17, 15) is 12.8 Å². The predicted octanol–water partition coefficient (Wildman–Crippen LogP) is 2.76. The summed E-state index contributed by atoms with van der Waals surface area (Å²) in [5.74, 6) is -0.234. The highest BCUT2D eigenvalue weighted by molar-refractivity contribution is 9.10. The Labute approximate surface area is 114 Å². The molecule has 3 rings (SSSR count). The van der Waals surface area contributed by atoms with E-state index in [0.29, 0.717) is 16.9 Å². The van der Waals surface area contributed by atoms with Gasteiger partial charge < -0.3 is 0 Å². The lowest BCUT2D eigenvalue weighted by molar-refractivity contribution is 0.332. The number of hydrogen-bond acceptors (Lipinski definition) is 2. The van der Waals surface area contributed by atoms with Crippen LogP contribution in [0.1, 0.15) is 19.3 Å². The van der Waals surface area contributed by atoms with Crippen LogP contribution in [-0.2, 0) is 10.0 Å². The number of rotatable bonds is 2. The average molecular weight is 334 g/mol. The van der Waals surface area contributed by atoms with Crippen molar-refractivity contribution < 1.29 is 12.8 Å². The molecule has 0 unspecified atom stereocenters. The normalized spacial score (nSPS) is 27.9. The Morgan fingerprint density at radius 1 is 1.33 bits per heavy atom. The lowest BCUT2D eigenvalue weighted by atomic mass is 10.1. The van der Waals surface area contributed by atoms with Crippen molar-refractivity contribution in [2.45, 2.75) is 30.2 Å². The Bertz CT molecular complexity index is 569. The third-order valence-corrected chi connectivity index (χ3v) is 6.76. The molecule has 2 fully saturated rings. The zero-order valence-corrected chi connectivity index (χ0v) is 12.0. The van der Waals surface area contributed by atoms with Gasteiger partial charge >= 0.3 is 0 Å². The van der Waals surface area contributed by atoms with Crippen molar-refractivity contribution in [2.24, 2.45) is 5.92 Å². The maximum absolute atomic E-state index is 13.8. The van der Waals surface area contributed by atoms with Crippen molar-refractivity contribution in [3.63, 3.8) is 0 Å². The lowest BCUT2D eigenvalue weighted by Gasteiger charge is -2.26. The maximum atomic E-state index is 13.8. The molecule has 2 aliphatic rings. The standard InChI is InChI=1S/C12H13BrFNO2S/c13-10-2-1-3-11(14)12(10)18(16,17)15-7-8-4-5-9(15)6-8/h1-3,8-9H,4-7H2/t8-,9-/m0/s1. The molecule has 1 aromatic carbocycles. The summed E-state index contributed by atoms with van der Waals surface area (Å²) in [5, 5.41) is 0. The van der Waals surface area contributed by atoms with Gasteiger partial charge in [-0.2, -0.15) is 4.31 Å². The Hall–Kier alpha value is -0.460. The van der Waals surface area contributed by atoms with Crippen LogP contribution < -0.4 is 0 Å². The van der Waals surface area contributed by atoms with Gasteiger partial charge in [-0.3, -0.25) is 0 Å². The summed E-state index contributed by atoms with van der Waals surface area (Å²) in [6.45, 7) is 0.535. The fraction of sp³-hybridized carbons (Fsp3) is 0.500. The maximum Gasteiger partial charge on any atom is 0.247 e. The van der Waals surface area contributed by atoms with Gasteiger partial charge in [0.2, 0.25) is 10.0 Å². The van der Waals surface area contributed by atoms with E-state index in [1.54, 1.807) is 6.07 Å². The van der Waals surface area contributed by atoms with Crippen molar-refractivity contribution in [3.8, 4) is 0 Å². The van der Waals surface area contributed by atoms with Crippen LogP contribution in [0.25, 0.3) is 0 Å².